The molecule has 98 valence electrons. The summed E-state index contributed by atoms with van der Waals surface area (Å²) in [6, 6.07) is 4.03. The highest BCUT2D eigenvalue weighted by molar-refractivity contribution is 6.43. The lowest BCUT2D eigenvalue weighted by molar-refractivity contribution is 0.102. The average Bonchev–Trinajstić information content (AvgIpc) is 2.38. The number of nitrogens with one attached hydrogen (secondary N) is 1. The number of nitrogen functional groups attached to an aromatic ring is 1. The standard InChI is InChI=1S/C11H8Cl2N4O2/c12-8-9(13)15-4-16-10(8)17-11(19)6-3-5(18)1-2-7(6)14/h1-4,18H,14H2,(H,15,16,17,19). The molecule has 0 bridgehead atoms. The van der Waals surface area contributed by atoms with Gasteiger partial charge in [0.2, 0.25) is 0 Å². The summed E-state index contributed by atoms with van der Waals surface area (Å²) in [6.07, 6.45) is 1.16. The quantitative estimate of drug-likeness (QED) is 0.449. The van der Waals surface area contributed by atoms with Crippen LogP contribution in [0.2, 0.25) is 10.2 Å². The van der Waals surface area contributed by atoms with Crippen molar-refractivity contribution in [3.05, 3.63) is 40.3 Å². The van der Waals surface area contributed by atoms with Crippen LogP contribution in [-0.2, 0) is 0 Å². The molecule has 2 rings (SSSR count). The Kier molecular flexibility index (Phi) is 3.73. The number of nitrogens with two attached hydrogens (primary N) is 1. The maximum Gasteiger partial charge on any atom is 0.259 e. The highest BCUT2D eigenvalue weighted by Crippen LogP contribution is 2.26. The molecule has 6 nitrogen and oxygen atoms in total. The van der Waals surface area contributed by atoms with Gasteiger partial charge in [0.1, 0.15) is 17.1 Å². The number of anilines is 2. The number of carbonyl (C=O) groups is 1. The second-order valence-electron chi connectivity index (χ2n) is 3.55. The number of nitrogens with zero attached hydrogens (tertiary/aromatic N) is 2. The number of amides is 1. The van der Waals surface area contributed by atoms with E-state index in [4.69, 9.17) is 28.9 Å². The molecule has 0 aliphatic rings. The third-order valence-electron chi connectivity index (χ3n) is 2.26. The Morgan fingerprint density at radius 2 is 2.05 bits per heavy atom. The Labute approximate surface area is 118 Å². The molecular weight excluding hydrogens is 291 g/mol. The Bertz CT molecular complexity index is 649. The van der Waals surface area contributed by atoms with E-state index < -0.39 is 5.91 Å². The van der Waals surface area contributed by atoms with Crippen molar-refractivity contribution < 1.29 is 9.90 Å². The minimum Gasteiger partial charge on any atom is -0.508 e. The summed E-state index contributed by atoms with van der Waals surface area (Å²) in [7, 11) is 0. The van der Waals surface area contributed by atoms with Crippen LogP contribution in [0.25, 0.3) is 0 Å². The molecule has 2 aromatic rings. The number of aromatic nitrogens is 2. The molecule has 0 unspecified atom stereocenters. The van der Waals surface area contributed by atoms with Crippen molar-refractivity contribution >= 4 is 40.6 Å². The van der Waals surface area contributed by atoms with E-state index in [0.717, 1.165) is 6.33 Å². The Morgan fingerprint density at radius 3 is 2.79 bits per heavy atom. The lowest BCUT2D eigenvalue weighted by Crippen LogP contribution is -2.15. The van der Waals surface area contributed by atoms with E-state index >= 15 is 0 Å². The third kappa shape index (κ3) is 2.86. The smallest absolute Gasteiger partial charge is 0.259 e. The van der Waals surface area contributed by atoms with E-state index in [1.165, 1.54) is 18.2 Å². The Balaban J connectivity index is 2.31. The van der Waals surface area contributed by atoms with E-state index in [-0.39, 0.29) is 33.0 Å². The first-order valence-electron chi connectivity index (χ1n) is 5.05. The summed E-state index contributed by atoms with van der Waals surface area (Å²) >= 11 is 11.5. The second-order valence-corrected chi connectivity index (χ2v) is 4.29. The molecule has 0 saturated carbocycles. The van der Waals surface area contributed by atoms with E-state index in [0.29, 0.717) is 0 Å². The molecule has 0 saturated heterocycles. The molecular formula is C11H8Cl2N4O2. The summed E-state index contributed by atoms with van der Waals surface area (Å²) < 4.78 is 0. The fraction of sp³-hybridized carbons (Fsp3) is 0. The first-order valence-corrected chi connectivity index (χ1v) is 5.80. The van der Waals surface area contributed by atoms with Gasteiger partial charge in [-0.1, -0.05) is 23.2 Å². The summed E-state index contributed by atoms with van der Waals surface area (Å²) in [5.74, 6) is -0.578. The van der Waals surface area contributed by atoms with Crippen molar-refractivity contribution in [3.63, 3.8) is 0 Å². The predicted molar refractivity (Wildman–Crippen MR) is 72.5 cm³/mol. The van der Waals surface area contributed by atoms with Gasteiger partial charge in [0.25, 0.3) is 5.91 Å². The third-order valence-corrected chi connectivity index (χ3v) is 3.00. The molecule has 8 heteroatoms. The summed E-state index contributed by atoms with van der Waals surface area (Å²) in [5, 5.41) is 11.8. The zero-order valence-corrected chi connectivity index (χ0v) is 10.9. The topological polar surface area (TPSA) is 101 Å². The molecule has 0 spiro atoms. The lowest BCUT2D eigenvalue weighted by atomic mass is 10.1. The normalized spacial score (nSPS) is 10.2. The van der Waals surface area contributed by atoms with Gasteiger partial charge in [-0.05, 0) is 18.2 Å². The minimum absolute atomic E-state index is 0.0239. The number of phenols is 1. The SMILES string of the molecule is Nc1ccc(O)cc1C(=O)Nc1ncnc(Cl)c1Cl. The summed E-state index contributed by atoms with van der Waals surface area (Å²) in [4.78, 5) is 19.4. The number of carbonyl (C=O) groups excluding carboxylic acids is 1. The molecule has 0 radical (unpaired) electrons. The summed E-state index contributed by atoms with van der Waals surface area (Å²) in [5.41, 5.74) is 5.97. The van der Waals surface area contributed by atoms with Crippen LogP contribution in [0.1, 0.15) is 10.4 Å². The number of rotatable bonds is 2. The molecule has 1 aromatic carbocycles. The molecule has 1 aromatic heterocycles. The van der Waals surface area contributed by atoms with Crippen LogP contribution in [0, 0.1) is 0 Å². The van der Waals surface area contributed by atoms with E-state index in [1.807, 2.05) is 0 Å². The van der Waals surface area contributed by atoms with E-state index in [2.05, 4.69) is 15.3 Å². The summed E-state index contributed by atoms with van der Waals surface area (Å²) in [6.45, 7) is 0. The van der Waals surface area contributed by atoms with Gasteiger partial charge in [-0.2, -0.15) is 0 Å². The zero-order chi connectivity index (χ0) is 14.0. The lowest BCUT2D eigenvalue weighted by Gasteiger charge is -2.08. The maximum atomic E-state index is 12.0. The zero-order valence-electron chi connectivity index (χ0n) is 9.39. The minimum atomic E-state index is -0.565. The van der Waals surface area contributed by atoms with Gasteiger partial charge in [-0.3, -0.25) is 4.79 Å². The highest BCUT2D eigenvalue weighted by Gasteiger charge is 2.14. The van der Waals surface area contributed by atoms with Gasteiger partial charge in [0.15, 0.2) is 11.0 Å². The number of hydrogen-bond acceptors (Lipinski definition) is 5. The predicted octanol–water partition coefficient (Wildman–Crippen LogP) is 2.32. The molecule has 0 aliphatic carbocycles. The molecule has 0 fully saturated rings. The van der Waals surface area contributed by atoms with Crippen molar-refractivity contribution in [2.75, 3.05) is 11.1 Å². The highest BCUT2D eigenvalue weighted by atomic mass is 35.5. The Hall–Kier alpha value is -2.05. The second kappa shape index (κ2) is 5.29. The van der Waals surface area contributed by atoms with Crippen LogP contribution in [0.3, 0.4) is 0 Å². The van der Waals surface area contributed by atoms with E-state index in [9.17, 15) is 9.90 Å². The van der Waals surface area contributed by atoms with E-state index in [1.54, 1.807) is 0 Å². The number of benzene rings is 1. The van der Waals surface area contributed by atoms with Gasteiger partial charge in [0.05, 0.1) is 5.56 Å². The van der Waals surface area contributed by atoms with Crippen LogP contribution >= 0.6 is 23.2 Å². The van der Waals surface area contributed by atoms with Gasteiger partial charge in [0, 0.05) is 5.69 Å². The van der Waals surface area contributed by atoms with Crippen molar-refractivity contribution in [1.29, 1.82) is 0 Å². The number of aromatic hydroxyl groups is 1. The largest absolute Gasteiger partial charge is 0.508 e. The van der Waals surface area contributed by atoms with Crippen LogP contribution < -0.4 is 11.1 Å². The number of hydrogen-bond donors (Lipinski definition) is 3. The first-order chi connectivity index (χ1) is 8.99. The van der Waals surface area contributed by atoms with Gasteiger partial charge < -0.3 is 16.2 Å². The van der Waals surface area contributed by atoms with Crippen molar-refractivity contribution in [3.8, 4) is 5.75 Å². The number of halogens is 2. The molecule has 19 heavy (non-hydrogen) atoms. The fourth-order valence-electron chi connectivity index (χ4n) is 1.35. The van der Waals surface area contributed by atoms with Crippen LogP contribution in [-0.4, -0.2) is 21.0 Å². The molecule has 4 N–H and O–H groups in total. The molecule has 0 atom stereocenters. The van der Waals surface area contributed by atoms with Crippen molar-refractivity contribution in [2.45, 2.75) is 0 Å². The van der Waals surface area contributed by atoms with Crippen molar-refractivity contribution in [2.24, 2.45) is 0 Å². The average molecular weight is 299 g/mol. The van der Waals surface area contributed by atoms with Gasteiger partial charge >= 0.3 is 0 Å². The van der Waals surface area contributed by atoms with Gasteiger partial charge in [-0.25, -0.2) is 9.97 Å². The van der Waals surface area contributed by atoms with Crippen LogP contribution in [0.5, 0.6) is 5.75 Å². The monoisotopic (exact) mass is 298 g/mol. The first kappa shape index (κ1) is 13.4. The van der Waals surface area contributed by atoms with Gasteiger partial charge in [-0.15, -0.1) is 0 Å². The fourth-order valence-corrected chi connectivity index (χ4v) is 1.63. The molecule has 0 aliphatic heterocycles. The van der Waals surface area contributed by atoms with Crippen molar-refractivity contribution in [1.82, 2.24) is 9.97 Å². The Morgan fingerprint density at radius 1 is 1.32 bits per heavy atom. The maximum absolute atomic E-state index is 12.0. The molecule has 1 heterocycles. The van der Waals surface area contributed by atoms with Crippen LogP contribution in [0.4, 0.5) is 11.5 Å². The number of phenolic OH excluding ortho intramolecular Hbond substituents is 1. The molecule has 1 amide bonds. The van der Waals surface area contributed by atoms with Crippen LogP contribution in [0.15, 0.2) is 24.5 Å².